The molecule has 2 aromatic rings. The van der Waals surface area contributed by atoms with Gasteiger partial charge in [-0.1, -0.05) is 19.1 Å². The van der Waals surface area contributed by atoms with Crippen molar-refractivity contribution in [1.29, 1.82) is 0 Å². The molecule has 18 heavy (non-hydrogen) atoms. The van der Waals surface area contributed by atoms with Crippen LogP contribution in [-0.4, -0.2) is 16.3 Å². The Morgan fingerprint density at radius 3 is 2.83 bits per heavy atom. The third kappa shape index (κ3) is 2.76. The summed E-state index contributed by atoms with van der Waals surface area (Å²) in [7, 11) is 1.85. The van der Waals surface area contributed by atoms with Gasteiger partial charge in [0.15, 0.2) is 0 Å². The van der Waals surface area contributed by atoms with Crippen LogP contribution in [-0.2, 0) is 13.6 Å². The number of nitrogens with zero attached hydrogens (tertiary/aromatic N) is 2. The maximum Gasteiger partial charge on any atom is 0.132 e. The molecule has 1 N–H and O–H groups in total. The van der Waals surface area contributed by atoms with Gasteiger partial charge in [-0.25, -0.2) is 4.39 Å². The summed E-state index contributed by atoms with van der Waals surface area (Å²) in [4.78, 5) is 0. The number of nitrogens with one attached hydrogen (secondary N) is 1. The molecule has 4 heteroatoms. The number of aromatic nitrogens is 2. The highest BCUT2D eigenvalue weighted by atomic mass is 19.1. The van der Waals surface area contributed by atoms with Gasteiger partial charge in [0.05, 0.1) is 5.69 Å². The number of halogens is 1. The monoisotopic (exact) mass is 247 g/mol. The van der Waals surface area contributed by atoms with Crippen molar-refractivity contribution >= 4 is 0 Å². The standard InChI is InChI=1S/C14H18FN3/c1-3-8-16-9-11-10-18(2)17-14(11)12-6-4-5-7-13(12)15/h4-7,10,16H,3,8-9H2,1-2H3. The summed E-state index contributed by atoms with van der Waals surface area (Å²) in [6, 6.07) is 6.75. The van der Waals surface area contributed by atoms with E-state index in [2.05, 4.69) is 17.3 Å². The van der Waals surface area contributed by atoms with Gasteiger partial charge in [-0.15, -0.1) is 0 Å². The molecule has 0 amide bonds. The van der Waals surface area contributed by atoms with Gasteiger partial charge >= 0.3 is 0 Å². The van der Waals surface area contributed by atoms with Crippen molar-refractivity contribution in [1.82, 2.24) is 15.1 Å². The van der Waals surface area contributed by atoms with Gasteiger partial charge in [0, 0.05) is 30.9 Å². The Labute approximate surface area is 107 Å². The smallest absolute Gasteiger partial charge is 0.132 e. The quantitative estimate of drug-likeness (QED) is 0.823. The molecule has 0 saturated carbocycles. The molecule has 2 rings (SSSR count). The molecule has 0 fully saturated rings. The lowest BCUT2D eigenvalue weighted by atomic mass is 10.1. The second-order valence-corrected chi connectivity index (χ2v) is 4.33. The van der Waals surface area contributed by atoms with E-state index in [0.717, 1.165) is 24.2 Å². The molecule has 0 aliphatic carbocycles. The fraction of sp³-hybridized carbons (Fsp3) is 0.357. The molecule has 0 saturated heterocycles. The molecule has 0 aliphatic rings. The van der Waals surface area contributed by atoms with Crippen LogP contribution >= 0.6 is 0 Å². The summed E-state index contributed by atoms with van der Waals surface area (Å²) >= 11 is 0. The number of rotatable bonds is 5. The van der Waals surface area contributed by atoms with Crippen LogP contribution in [0.5, 0.6) is 0 Å². The summed E-state index contributed by atoms with van der Waals surface area (Å²) in [5.41, 5.74) is 2.31. The molecule has 3 nitrogen and oxygen atoms in total. The predicted octanol–water partition coefficient (Wildman–Crippen LogP) is 2.73. The van der Waals surface area contributed by atoms with Crippen LogP contribution < -0.4 is 5.32 Å². The third-order valence-corrected chi connectivity index (χ3v) is 2.78. The first-order valence-corrected chi connectivity index (χ1v) is 6.20. The molecule has 0 aliphatic heterocycles. The van der Waals surface area contributed by atoms with E-state index in [1.54, 1.807) is 16.8 Å². The summed E-state index contributed by atoms with van der Waals surface area (Å²) in [5, 5.41) is 7.68. The lowest BCUT2D eigenvalue weighted by molar-refractivity contribution is 0.629. The highest BCUT2D eigenvalue weighted by Crippen LogP contribution is 2.24. The predicted molar refractivity (Wildman–Crippen MR) is 70.6 cm³/mol. The van der Waals surface area contributed by atoms with Gasteiger partial charge < -0.3 is 5.32 Å². The van der Waals surface area contributed by atoms with Crippen LogP contribution in [0.3, 0.4) is 0 Å². The normalized spacial score (nSPS) is 10.8. The molecule has 0 radical (unpaired) electrons. The second kappa shape index (κ2) is 5.78. The van der Waals surface area contributed by atoms with Gasteiger partial charge in [-0.05, 0) is 25.1 Å². The third-order valence-electron chi connectivity index (χ3n) is 2.78. The van der Waals surface area contributed by atoms with Crippen molar-refractivity contribution in [3.8, 4) is 11.3 Å². The molecule has 0 spiro atoms. The van der Waals surface area contributed by atoms with Crippen LogP contribution in [0, 0.1) is 5.82 Å². The first-order valence-electron chi connectivity index (χ1n) is 6.20. The molecular weight excluding hydrogens is 229 g/mol. The Bertz CT molecular complexity index is 520. The van der Waals surface area contributed by atoms with Crippen LogP contribution in [0.4, 0.5) is 4.39 Å². The minimum atomic E-state index is -0.229. The summed E-state index contributed by atoms with van der Waals surface area (Å²) < 4.78 is 15.5. The van der Waals surface area contributed by atoms with E-state index in [9.17, 15) is 4.39 Å². The minimum Gasteiger partial charge on any atom is -0.313 e. The average molecular weight is 247 g/mol. The molecule has 1 aromatic heterocycles. The van der Waals surface area contributed by atoms with E-state index in [-0.39, 0.29) is 5.82 Å². The first-order chi connectivity index (χ1) is 8.72. The molecule has 1 heterocycles. The van der Waals surface area contributed by atoms with Crippen LogP contribution in [0.2, 0.25) is 0 Å². The number of hydrogen-bond donors (Lipinski definition) is 1. The Morgan fingerprint density at radius 2 is 2.11 bits per heavy atom. The van der Waals surface area contributed by atoms with Crippen molar-refractivity contribution in [3.05, 3.63) is 41.8 Å². The summed E-state index contributed by atoms with van der Waals surface area (Å²) in [6.07, 6.45) is 3.01. The van der Waals surface area contributed by atoms with Gasteiger partial charge in [0.2, 0.25) is 0 Å². The van der Waals surface area contributed by atoms with Crippen molar-refractivity contribution in [2.24, 2.45) is 7.05 Å². The highest BCUT2D eigenvalue weighted by Gasteiger charge is 2.13. The van der Waals surface area contributed by atoms with E-state index in [1.165, 1.54) is 6.07 Å². The van der Waals surface area contributed by atoms with Gasteiger partial charge in [-0.3, -0.25) is 4.68 Å². The maximum atomic E-state index is 13.8. The van der Waals surface area contributed by atoms with Crippen molar-refractivity contribution in [3.63, 3.8) is 0 Å². The van der Waals surface area contributed by atoms with Crippen molar-refractivity contribution in [2.45, 2.75) is 19.9 Å². The largest absolute Gasteiger partial charge is 0.313 e. The highest BCUT2D eigenvalue weighted by molar-refractivity contribution is 5.63. The molecule has 0 unspecified atom stereocenters. The van der Waals surface area contributed by atoms with Gasteiger partial charge in [0.25, 0.3) is 0 Å². The number of aryl methyl sites for hydroxylation is 1. The first kappa shape index (κ1) is 12.8. The van der Waals surface area contributed by atoms with Crippen LogP contribution in [0.15, 0.2) is 30.5 Å². The zero-order valence-corrected chi connectivity index (χ0v) is 10.8. The Kier molecular flexibility index (Phi) is 4.10. The lowest BCUT2D eigenvalue weighted by Gasteiger charge is -2.04. The van der Waals surface area contributed by atoms with Crippen molar-refractivity contribution < 1.29 is 4.39 Å². The molecule has 1 aromatic carbocycles. The van der Waals surface area contributed by atoms with E-state index < -0.39 is 0 Å². The number of hydrogen-bond acceptors (Lipinski definition) is 2. The molecule has 96 valence electrons. The fourth-order valence-corrected chi connectivity index (χ4v) is 1.95. The SMILES string of the molecule is CCCNCc1cn(C)nc1-c1ccccc1F. The van der Waals surface area contributed by atoms with E-state index >= 15 is 0 Å². The summed E-state index contributed by atoms with van der Waals surface area (Å²) in [5.74, 6) is -0.229. The zero-order chi connectivity index (χ0) is 13.0. The van der Waals surface area contributed by atoms with E-state index in [4.69, 9.17) is 0 Å². The van der Waals surface area contributed by atoms with Crippen LogP contribution in [0.25, 0.3) is 11.3 Å². The van der Waals surface area contributed by atoms with Gasteiger partial charge in [-0.2, -0.15) is 5.10 Å². The molecule has 0 bridgehead atoms. The Morgan fingerprint density at radius 1 is 1.33 bits per heavy atom. The number of benzene rings is 1. The topological polar surface area (TPSA) is 29.9 Å². The van der Waals surface area contributed by atoms with E-state index in [0.29, 0.717) is 12.1 Å². The maximum absolute atomic E-state index is 13.8. The summed E-state index contributed by atoms with van der Waals surface area (Å²) in [6.45, 7) is 3.78. The zero-order valence-electron chi connectivity index (χ0n) is 10.8. The Hall–Kier alpha value is -1.68. The van der Waals surface area contributed by atoms with E-state index in [1.807, 2.05) is 19.3 Å². The average Bonchev–Trinajstić information content (AvgIpc) is 2.71. The minimum absolute atomic E-state index is 0.229. The van der Waals surface area contributed by atoms with Crippen molar-refractivity contribution in [2.75, 3.05) is 6.54 Å². The fourth-order valence-electron chi connectivity index (χ4n) is 1.95. The Balaban J connectivity index is 2.30. The molecule has 0 atom stereocenters. The van der Waals surface area contributed by atoms with Gasteiger partial charge in [0.1, 0.15) is 5.82 Å². The molecular formula is C14H18FN3. The lowest BCUT2D eigenvalue weighted by Crippen LogP contribution is -2.14. The second-order valence-electron chi connectivity index (χ2n) is 4.33. The van der Waals surface area contributed by atoms with Crippen LogP contribution in [0.1, 0.15) is 18.9 Å².